The third-order valence-electron chi connectivity index (χ3n) is 3.75. The fourth-order valence-electron chi connectivity index (χ4n) is 2.52. The van der Waals surface area contributed by atoms with Gasteiger partial charge in [-0.25, -0.2) is 4.98 Å². The molecule has 0 saturated heterocycles. The summed E-state index contributed by atoms with van der Waals surface area (Å²) >= 11 is 3.43. The molecule has 0 unspecified atom stereocenters. The molecule has 3 rings (SSSR count). The van der Waals surface area contributed by atoms with Crippen LogP contribution in [-0.4, -0.2) is 23.0 Å². The summed E-state index contributed by atoms with van der Waals surface area (Å²) in [6.07, 6.45) is 0.965. The van der Waals surface area contributed by atoms with Crippen LogP contribution >= 0.6 is 15.9 Å². The van der Waals surface area contributed by atoms with Crippen molar-refractivity contribution in [3.63, 3.8) is 0 Å². The van der Waals surface area contributed by atoms with Gasteiger partial charge in [0.15, 0.2) is 0 Å². The monoisotopic (exact) mass is 387 g/mol. The molecule has 6 heteroatoms. The van der Waals surface area contributed by atoms with Crippen LogP contribution in [0, 0.1) is 0 Å². The first-order chi connectivity index (χ1) is 11.7. The standard InChI is InChI=1S/C18H18BrN3O2/c1-24-16-7-6-13(19)10-12(16)11-20-18(23)9-8-17-21-14-4-2-3-5-15(14)22-17/h2-7,10H,8-9,11H2,1H3,(H,20,23)(H,21,22). The predicted octanol–water partition coefficient (Wildman–Crippen LogP) is 3.58. The van der Waals surface area contributed by atoms with E-state index in [1.165, 1.54) is 0 Å². The number of carbonyl (C=O) groups is 1. The van der Waals surface area contributed by atoms with Gasteiger partial charge in [-0.05, 0) is 30.3 Å². The first kappa shape index (κ1) is 16.5. The second-order valence-corrected chi connectivity index (χ2v) is 6.35. The van der Waals surface area contributed by atoms with Crippen LogP contribution in [0.5, 0.6) is 5.75 Å². The molecule has 124 valence electrons. The average Bonchev–Trinajstić information content (AvgIpc) is 3.01. The second kappa shape index (κ2) is 7.49. The number of hydrogen-bond acceptors (Lipinski definition) is 3. The SMILES string of the molecule is COc1ccc(Br)cc1CNC(=O)CCc1nc2ccccc2[nH]1. The number of fused-ring (bicyclic) bond motifs is 1. The number of para-hydroxylation sites is 2. The topological polar surface area (TPSA) is 67.0 Å². The third-order valence-corrected chi connectivity index (χ3v) is 4.24. The van der Waals surface area contributed by atoms with Gasteiger partial charge in [0.1, 0.15) is 11.6 Å². The lowest BCUT2D eigenvalue weighted by atomic mass is 10.2. The van der Waals surface area contributed by atoms with Crippen molar-refractivity contribution in [2.75, 3.05) is 7.11 Å². The summed E-state index contributed by atoms with van der Waals surface area (Å²) in [5.74, 6) is 1.57. The lowest BCUT2D eigenvalue weighted by molar-refractivity contribution is -0.121. The highest BCUT2D eigenvalue weighted by Gasteiger charge is 2.08. The molecule has 2 N–H and O–H groups in total. The number of H-pyrrole nitrogens is 1. The van der Waals surface area contributed by atoms with Gasteiger partial charge < -0.3 is 15.0 Å². The molecule has 1 amide bonds. The van der Waals surface area contributed by atoms with E-state index in [-0.39, 0.29) is 5.91 Å². The number of ether oxygens (including phenoxy) is 1. The minimum absolute atomic E-state index is 0.0162. The molecule has 0 spiro atoms. The van der Waals surface area contributed by atoms with E-state index in [0.717, 1.165) is 32.6 Å². The van der Waals surface area contributed by atoms with Crippen LogP contribution in [-0.2, 0) is 17.8 Å². The zero-order chi connectivity index (χ0) is 16.9. The molecule has 1 aromatic heterocycles. The van der Waals surface area contributed by atoms with Crippen molar-refractivity contribution in [1.82, 2.24) is 15.3 Å². The number of benzene rings is 2. The summed E-state index contributed by atoms with van der Waals surface area (Å²) in [4.78, 5) is 19.8. The summed E-state index contributed by atoms with van der Waals surface area (Å²) in [6.45, 7) is 0.432. The molecule has 24 heavy (non-hydrogen) atoms. The Morgan fingerprint density at radius 3 is 2.92 bits per heavy atom. The summed E-state index contributed by atoms with van der Waals surface area (Å²) in [6, 6.07) is 13.6. The highest BCUT2D eigenvalue weighted by Crippen LogP contribution is 2.22. The maximum absolute atomic E-state index is 12.1. The van der Waals surface area contributed by atoms with Gasteiger partial charge in [0.2, 0.25) is 5.91 Å². The lowest BCUT2D eigenvalue weighted by Crippen LogP contribution is -2.23. The fraction of sp³-hybridized carbons (Fsp3) is 0.222. The van der Waals surface area contributed by atoms with Crippen LogP contribution < -0.4 is 10.1 Å². The zero-order valence-corrected chi connectivity index (χ0v) is 14.9. The number of methoxy groups -OCH3 is 1. The van der Waals surface area contributed by atoms with Gasteiger partial charge in [-0.2, -0.15) is 0 Å². The van der Waals surface area contributed by atoms with Crippen LogP contribution in [0.2, 0.25) is 0 Å². The van der Waals surface area contributed by atoms with E-state index < -0.39 is 0 Å². The van der Waals surface area contributed by atoms with Gasteiger partial charge in [0.05, 0.1) is 18.1 Å². The number of aromatic nitrogens is 2. The normalized spacial score (nSPS) is 10.8. The molecule has 0 atom stereocenters. The minimum atomic E-state index is -0.0162. The number of imidazole rings is 1. The second-order valence-electron chi connectivity index (χ2n) is 5.43. The van der Waals surface area contributed by atoms with Gasteiger partial charge in [0, 0.05) is 29.4 Å². The largest absolute Gasteiger partial charge is 0.496 e. The highest BCUT2D eigenvalue weighted by atomic mass is 79.9. The average molecular weight is 388 g/mol. The van der Waals surface area contributed by atoms with E-state index in [1.807, 2.05) is 42.5 Å². The summed E-state index contributed by atoms with van der Waals surface area (Å²) in [5, 5.41) is 2.92. The molecule has 0 aliphatic carbocycles. The quantitative estimate of drug-likeness (QED) is 0.678. The van der Waals surface area contributed by atoms with Crippen LogP contribution in [0.1, 0.15) is 17.8 Å². The van der Waals surface area contributed by atoms with Gasteiger partial charge in [-0.3, -0.25) is 4.79 Å². The number of amides is 1. The Kier molecular flexibility index (Phi) is 5.15. The number of aromatic amines is 1. The summed E-state index contributed by atoms with van der Waals surface area (Å²) in [7, 11) is 1.62. The van der Waals surface area contributed by atoms with Gasteiger partial charge >= 0.3 is 0 Å². The minimum Gasteiger partial charge on any atom is -0.496 e. The van der Waals surface area contributed by atoms with E-state index in [4.69, 9.17) is 4.74 Å². The van der Waals surface area contributed by atoms with Gasteiger partial charge in [-0.15, -0.1) is 0 Å². The summed E-state index contributed by atoms with van der Waals surface area (Å²) < 4.78 is 6.26. The van der Waals surface area contributed by atoms with E-state index in [0.29, 0.717) is 19.4 Å². The number of nitrogens with zero attached hydrogens (tertiary/aromatic N) is 1. The first-order valence-electron chi connectivity index (χ1n) is 7.68. The van der Waals surface area contributed by atoms with Crippen molar-refractivity contribution in [3.8, 4) is 5.75 Å². The Balaban J connectivity index is 1.55. The molecule has 0 saturated carbocycles. The van der Waals surface area contributed by atoms with E-state index in [1.54, 1.807) is 7.11 Å². The van der Waals surface area contributed by atoms with Crippen molar-refractivity contribution < 1.29 is 9.53 Å². The van der Waals surface area contributed by atoms with Crippen LogP contribution in [0.15, 0.2) is 46.9 Å². The van der Waals surface area contributed by atoms with Crippen LogP contribution in [0.4, 0.5) is 0 Å². The van der Waals surface area contributed by atoms with Crippen molar-refractivity contribution in [1.29, 1.82) is 0 Å². The van der Waals surface area contributed by atoms with Crippen LogP contribution in [0.25, 0.3) is 11.0 Å². The third kappa shape index (κ3) is 3.94. The Morgan fingerprint density at radius 1 is 1.29 bits per heavy atom. The number of nitrogens with one attached hydrogen (secondary N) is 2. The molecule has 1 heterocycles. The predicted molar refractivity (Wildman–Crippen MR) is 97.0 cm³/mol. The number of carbonyl (C=O) groups excluding carboxylic acids is 1. The maximum Gasteiger partial charge on any atom is 0.220 e. The molecular formula is C18H18BrN3O2. The summed E-state index contributed by atoms with van der Waals surface area (Å²) in [5.41, 5.74) is 2.85. The van der Waals surface area contributed by atoms with Crippen molar-refractivity contribution in [2.45, 2.75) is 19.4 Å². The highest BCUT2D eigenvalue weighted by molar-refractivity contribution is 9.10. The Hall–Kier alpha value is -2.34. The number of aryl methyl sites for hydroxylation is 1. The Bertz CT molecular complexity index is 827. The Labute approximate surface area is 148 Å². The molecular weight excluding hydrogens is 370 g/mol. The molecule has 2 aromatic carbocycles. The Morgan fingerprint density at radius 2 is 2.12 bits per heavy atom. The lowest BCUT2D eigenvalue weighted by Gasteiger charge is -2.10. The molecule has 3 aromatic rings. The van der Waals surface area contributed by atoms with Crippen LogP contribution in [0.3, 0.4) is 0 Å². The zero-order valence-electron chi connectivity index (χ0n) is 13.3. The van der Waals surface area contributed by atoms with Crippen molar-refractivity contribution >= 4 is 32.9 Å². The molecule has 0 radical (unpaired) electrons. The fourth-order valence-corrected chi connectivity index (χ4v) is 2.93. The van der Waals surface area contributed by atoms with E-state index in [2.05, 4.69) is 31.2 Å². The van der Waals surface area contributed by atoms with Gasteiger partial charge in [0.25, 0.3) is 0 Å². The van der Waals surface area contributed by atoms with Gasteiger partial charge in [-0.1, -0.05) is 28.1 Å². The maximum atomic E-state index is 12.1. The number of rotatable bonds is 6. The number of hydrogen-bond donors (Lipinski definition) is 2. The molecule has 0 aliphatic heterocycles. The number of halogens is 1. The van der Waals surface area contributed by atoms with E-state index >= 15 is 0 Å². The smallest absolute Gasteiger partial charge is 0.220 e. The first-order valence-corrected chi connectivity index (χ1v) is 8.48. The molecule has 5 nitrogen and oxygen atoms in total. The van der Waals surface area contributed by atoms with E-state index in [9.17, 15) is 4.79 Å². The molecule has 0 fully saturated rings. The van der Waals surface area contributed by atoms with Crippen molar-refractivity contribution in [3.05, 3.63) is 58.3 Å². The van der Waals surface area contributed by atoms with Crippen molar-refractivity contribution in [2.24, 2.45) is 0 Å². The molecule has 0 bridgehead atoms. The molecule has 0 aliphatic rings.